The van der Waals surface area contributed by atoms with Crippen LogP contribution in [-0.4, -0.2) is 51.5 Å². The van der Waals surface area contributed by atoms with Gasteiger partial charge in [0, 0.05) is 30.5 Å². The zero-order valence-electron chi connectivity index (χ0n) is 23.3. The van der Waals surface area contributed by atoms with Crippen molar-refractivity contribution in [2.45, 2.75) is 50.4 Å². The predicted molar refractivity (Wildman–Crippen MR) is 151 cm³/mol. The second kappa shape index (κ2) is 10.6. The molecular weight excluding hydrogens is 579 g/mol. The zero-order chi connectivity index (χ0) is 31.3. The second-order valence-electron chi connectivity index (χ2n) is 11.5. The van der Waals surface area contributed by atoms with E-state index in [4.69, 9.17) is 5.11 Å². The van der Waals surface area contributed by atoms with Gasteiger partial charge >= 0.3 is 12.3 Å². The number of carboxylic acid groups (broad SMARTS) is 1. The number of aromatic nitrogens is 1. The number of hydrogen-bond acceptors (Lipinski definition) is 5. The first-order chi connectivity index (χ1) is 20.9. The lowest BCUT2D eigenvalue weighted by Gasteiger charge is -2.29. The number of hydrogen-bond donors (Lipinski definition) is 4. The Hall–Kier alpha value is -4.94. The van der Waals surface area contributed by atoms with E-state index in [0.717, 1.165) is 21.6 Å². The molecule has 2 aromatic carbocycles. The quantitative estimate of drug-likeness (QED) is 0.303. The number of alkyl halides is 3. The smallest absolute Gasteiger partial charge is 0.404 e. The lowest BCUT2D eigenvalue weighted by Crippen LogP contribution is -2.46. The second-order valence-corrected chi connectivity index (χ2v) is 11.5. The summed E-state index contributed by atoms with van der Waals surface area (Å²) in [4.78, 5) is 55.7. The van der Waals surface area contributed by atoms with Crippen LogP contribution in [0.4, 0.5) is 29.5 Å². The summed E-state index contributed by atoms with van der Waals surface area (Å²) in [7, 11) is 0. The molecule has 4 N–H and O–H groups in total. The summed E-state index contributed by atoms with van der Waals surface area (Å²) in [6.45, 7) is -1.10. The van der Waals surface area contributed by atoms with Gasteiger partial charge in [0.25, 0.3) is 0 Å². The molecule has 0 saturated heterocycles. The fraction of sp³-hybridized carbons (Fsp3) is 0.323. The Labute approximate surface area is 249 Å². The molecule has 0 radical (unpaired) electrons. The first-order valence-electron chi connectivity index (χ1n) is 14.0. The van der Waals surface area contributed by atoms with Gasteiger partial charge in [0.15, 0.2) is 0 Å². The Morgan fingerprint density at radius 2 is 1.73 bits per heavy atom. The van der Waals surface area contributed by atoms with Gasteiger partial charge in [-0.05, 0) is 66.1 Å². The Balaban J connectivity index is 1.21. The summed E-state index contributed by atoms with van der Waals surface area (Å²) < 4.78 is 41.8. The van der Waals surface area contributed by atoms with Crippen molar-refractivity contribution in [3.8, 4) is 0 Å². The van der Waals surface area contributed by atoms with Gasteiger partial charge in [-0.25, -0.2) is 9.78 Å². The number of fused-ring (bicyclic) bond motifs is 3. The van der Waals surface area contributed by atoms with E-state index < -0.39 is 41.5 Å². The van der Waals surface area contributed by atoms with E-state index in [-0.39, 0.29) is 31.8 Å². The number of amides is 4. The van der Waals surface area contributed by atoms with Crippen LogP contribution in [0.2, 0.25) is 0 Å². The number of nitrogens with zero attached hydrogens (tertiary/aromatic N) is 2. The van der Waals surface area contributed by atoms with E-state index in [0.29, 0.717) is 35.5 Å². The van der Waals surface area contributed by atoms with Crippen LogP contribution >= 0.6 is 0 Å². The van der Waals surface area contributed by atoms with E-state index in [1.807, 2.05) is 6.07 Å². The predicted octanol–water partition coefficient (Wildman–Crippen LogP) is 4.15. The van der Waals surface area contributed by atoms with Crippen LogP contribution in [-0.2, 0) is 45.7 Å². The Morgan fingerprint density at radius 1 is 1.00 bits per heavy atom. The van der Waals surface area contributed by atoms with E-state index in [1.54, 1.807) is 54.7 Å². The minimum Gasteiger partial charge on any atom is -0.465 e. The summed E-state index contributed by atoms with van der Waals surface area (Å²) in [5.41, 5.74) is 0.478. The lowest BCUT2D eigenvalue weighted by atomic mass is 9.79. The van der Waals surface area contributed by atoms with Gasteiger partial charge in [0.1, 0.15) is 17.8 Å². The molecule has 1 unspecified atom stereocenters. The summed E-state index contributed by atoms with van der Waals surface area (Å²) in [6.07, 6.45) is -4.35. The number of pyridine rings is 1. The fourth-order valence-electron chi connectivity index (χ4n) is 6.23. The van der Waals surface area contributed by atoms with Crippen LogP contribution in [0.1, 0.15) is 40.7 Å². The third kappa shape index (κ3) is 5.12. The van der Waals surface area contributed by atoms with Crippen LogP contribution < -0.4 is 16.0 Å². The van der Waals surface area contributed by atoms with Gasteiger partial charge in [-0.15, -0.1) is 0 Å². The molecule has 3 aromatic rings. The monoisotopic (exact) mass is 607 g/mol. The zero-order valence-corrected chi connectivity index (χ0v) is 23.3. The molecule has 1 spiro atoms. The highest BCUT2D eigenvalue weighted by atomic mass is 19.4. The normalized spacial score (nSPS) is 19.1. The summed E-state index contributed by atoms with van der Waals surface area (Å²) in [5.74, 6) is -1.52. The van der Waals surface area contributed by atoms with Crippen molar-refractivity contribution in [2.24, 2.45) is 5.41 Å². The minimum atomic E-state index is -4.78. The van der Waals surface area contributed by atoms with E-state index >= 15 is 0 Å². The highest BCUT2D eigenvalue weighted by molar-refractivity contribution is 6.06. The SMILES string of the molecule is O=C(O)NCc1ccccc1CN(CC(=O)Nc1ccc2c(c1)CC1(C2)C(=O)Nc2ncccc21)C(=O)C1(C(F)(F)F)CC1. The number of carbonyl (C=O) groups is 4. The topological polar surface area (TPSA) is 141 Å². The molecule has 3 aliphatic rings. The molecule has 2 aliphatic carbocycles. The number of halogens is 3. The number of carbonyl (C=O) groups excluding carboxylic acids is 3. The van der Waals surface area contributed by atoms with Crippen LogP contribution in [0.25, 0.3) is 0 Å². The first-order valence-corrected chi connectivity index (χ1v) is 14.0. The molecule has 228 valence electrons. The molecule has 44 heavy (non-hydrogen) atoms. The Kier molecular flexibility index (Phi) is 7.05. The maximum atomic E-state index is 13.9. The van der Waals surface area contributed by atoms with E-state index in [1.165, 1.54) is 0 Å². The number of nitrogens with one attached hydrogen (secondary N) is 3. The molecule has 1 saturated carbocycles. The highest BCUT2D eigenvalue weighted by Crippen LogP contribution is 2.58. The van der Waals surface area contributed by atoms with Crippen molar-refractivity contribution in [3.05, 3.63) is 88.6 Å². The first kappa shape index (κ1) is 29.1. The van der Waals surface area contributed by atoms with Gasteiger partial charge < -0.3 is 26.0 Å². The van der Waals surface area contributed by atoms with Crippen molar-refractivity contribution < 1.29 is 37.5 Å². The Morgan fingerprint density at radius 3 is 2.43 bits per heavy atom. The molecule has 1 aromatic heterocycles. The average Bonchev–Trinajstić information content (AvgIpc) is 3.65. The summed E-state index contributed by atoms with van der Waals surface area (Å²) in [5, 5.41) is 16.8. The fourth-order valence-corrected chi connectivity index (χ4v) is 6.23. The van der Waals surface area contributed by atoms with Crippen LogP contribution in [0.3, 0.4) is 0 Å². The highest BCUT2D eigenvalue weighted by Gasteiger charge is 2.69. The summed E-state index contributed by atoms with van der Waals surface area (Å²) >= 11 is 0. The van der Waals surface area contributed by atoms with Crippen LogP contribution in [0.5, 0.6) is 0 Å². The van der Waals surface area contributed by atoms with Gasteiger partial charge in [0.05, 0.1) is 5.41 Å². The van der Waals surface area contributed by atoms with Crippen LogP contribution in [0, 0.1) is 5.41 Å². The van der Waals surface area contributed by atoms with Gasteiger partial charge in [-0.3, -0.25) is 14.4 Å². The molecule has 1 atom stereocenters. The third-order valence-corrected chi connectivity index (χ3v) is 8.70. The molecule has 10 nitrogen and oxygen atoms in total. The van der Waals surface area contributed by atoms with Crippen molar-refractivity contribution >= 4 is 35.3 Å². The number of benzene rings is 2. The molecule has 4 amide bonds. The molecular formula is C31H28F3N5O5. The van der Waals surface area contributed by atoms with Crippen molar-refractivity contribution in [1.29, 1.82) is 0 Å². The number of rotatable bonds is 8. The molecule has 2 heterocycles. The number of anilines is 2. The molecule has 0 bridgehead atoms. The molecule has 1 fully saturated rings. The van der Waals surface area contributed by atoms with E-state index in [9.17, 15) is 32.3 Å². The van der Waals surface area contributed by atoms with E-state index in [2.05, 4.69) is 20.9 Å². The standard InChI is InChI=1S/C31H28F3N5O5/c32-31(33,34)30(9-10-30)27(42)39(16-20-5-2-1-4-19(20)15-36-28(43)44)17-24(40)37-22-8-7-18-13-29(14-21(18)12-22)23-6-3-11-35-25(23)38-26(29)41/h1-8,11-12,36H,9-10,13-17H2,(H,37,40)(H,43,44)(H,35,38,41). The Bertz CT molecular complexity index is 1690. The molecule has 6 rings (SSSR count). The summed E-state index contributed by atoms with van der Waals surface area (Å²) in [6, 6.07) is 15.3. The largest absolute Gasteiger partial charge is 0.465 e. The average molecular weight is 608 g/mol. The van der Waals surface area contributed by atoms with Crippen molar-refractivity contribution in [2.75, 3.05) is 17.2 Å². The molecule has 1 aliphatic heterocycles. The maximum Gasteiger partial charge on any atom is 0.404 e. The van der Waals surface area contributed by atoms with Crippen LogP contribution in [0.15, 0.2) is 60.8 Å². The lowest BCUT2D eigenvalue weighted by molar-refractivity contribution is -0.199. The van der Waals surface area contributed by atoms with Crippen molar-refractivity contribution in [3.63, 3.8) is 0 Å². The van der Waals surface area contributed by atoms with Crippen molar-refractivity contribution in [1.82, 2.24) is 15.2 Å². The minimum absolute atomic E-state index is 0.126. The van der Waals surface area contributed by atoms with Gasteiger partial charge in [-0.2, -0.15) is 13.2 Å². The molecule has 13 heteroatoms. The van der Waals surface area contributed by atoms with Gasteiger partial charge in [-0.1, -0.05) is 36.4 Å². The third-order valence-electron chi connectivity index (χ3n) is 8.70. The van der Waals surface area contributed by atoms with Gasteiger partial charge in [0.2, 0.25) is 17.7 Å². The maximum absolute atomic E-state index is 13.9.